The molecule has 0 aromatic heterocycles. The largest absolute Gasteiger partial charge is 0.294 e. The summed E-state index contributed by atoms with van der Waals surface area (Å²) in [7, 11) is 0. The van der Waals surface area contributed by atoms with Crippen LogP contribution in [-0.2, 0) is 11.8 Å². The van der Waals surface area contributed by atoms with Crippen LogP contribution in [0.25, 0.3) is 11.1 Å². The fraction of sp³-hybridized carbons (Fsp3) is 0.435. The third-order valence-corrected chi connectivity index (χ3v) is 6.08. The van der Waals surface area contributed by atoms with E-state index in [1.54, 1.807) is 0 Å². The Morgan fingerprint density at radius 2 is 1.67 bits per heavy atom. The molecule has 0 amide bonds. The molecule has 2 aromatic rings. The molecule has 2 aromatic carbocycles. The molecule has 2 aliphatic carbocycles. The molecule has 24 heavy (non-hydrogen) atoms. The number of carbonyl (C=O) groups excluding carboxylic acids is 1. The van der Waals surface area contributed by atoms with Gasteiger partial charge in [-0.25, -0.2) is 0 Å². The minimum absolute atomic E-state index is 0.0938. The van der Waals surface area contributed by atoms with Crippen LogP contribution in [0.15, 0.2) is 36.4 Å². The van der Waals surface area contributed by atoms with Gasteiger partial charge in [-0.3, -0.25) is 4.79 Å². The van der Waals surface area contributed by atoms with Crippen LogP contribution in [0.5, 0.6) is 0 Å². The molecule has 0 bridgehead atoms. The monoisotopic (exact) mass is 318 g/mol. The number of benzene rings is 2. The molecule has 0 saturated carbocycles. The normalized spacial score (nSPS) is 20.0. The van der Waals surface area contributed by atoms with Crippen LogP contribution >= 0.6 is 0 Å². The summed E-state index contributed by atoms with van der Waals surface area (Å²) in [6.45, 7) is 6.62. The standard InChI is InChI=1S/C23H26O/c1-4-10-23(11-5-2)20-9-7-6-8-17(20)19-13-16-12-15(3)22(24)18(16)14-21(19)23/h6-9,13-15H,4-5,10-12H2,1-3H3. The van der Waals surface area contributed by atoms with Gasteiger partial charge in [-0.05, 0) is 53.1 Å². The van der Waals surface area contributed by atoms with Gasteiger partial charge >= 0.3 is 0 Å². The summed E-state index contributed by atoms with van der Waals surface area (Å²) < 4.78 is 0. The maximum Gasteiger partial charge on any atom is 0.166 e. The van der Waals surface area contributed by atoms with Gasteiger partial charge in [0.15, 0.2) is 5.78 Å². The molecular weight excluding hydrogens is 292 g/mol. The van der Waals surface area contributed by atoms with E-state index in [0.717, 1.165) is 37.7 Å². The summed E-state index contributed by atoms with van der Waals surface area (Å²) in [5.74, 6) is 0.482. The van der Waals surface area contributed by atoms with E-state index in [0.29, 0.717) is 5.78 Å². The van der Waals surface area contributed by atoms with Crippen LogP contribution in [0.2, 0.25) is 0 Å². The van der Waals surface area contributed by atoms with Gasteiger partial charge in [0.1, 0.15) is 0 Å². The van der Waals surface area contributed by atoms with Crippen LogP contribution in [-0.4, -0.2) is 5.78 Å². The highest BCUT2D eigenvalue weighted by atomic mass is 16.1. The highest BCUT2D eigenvalue weighted by Gasteiger charge is 2.43. The molecule has 4 rings (SSSR count). The second-order valence-electron chi connectivity index (χ2n) is 7.65. The fourth-order valence-corrected chi connectivity index (χ4v) is 5.15. The molecule has 0 fully saturated rings. The molecular formula is C23H26O. The van der Waals surface area contributed by atoms with E-state index in [9.17, 15) is 4.79 Å². The summed E-state index contributed by atoms with van der Waals surface area (Å²) in [6, 6.07) is 13.5. The van der Waals surface area contributed by atoms with Gasteiger partial charge in [-0.1, -0.05) is 63.9 Å². The lowest BCUT2D eigenvalue weighted by Gasteiger charge is -2.32. The van der Waals surface area contributed by atoms with Gasteiger partial charge in [0.2, 0.25) is 0 Å². The van der Waals surface area contributed by atoms with E-state index in [-0.39, 0.29) is 11.3 Å². The Kier molecular flexibility index (Phi) is 3.63. The topological polar surface area (TPSA) is 17.1 Å². The minimum Gasteiger partial charge on any atom is -0.294 e. The zero-order valence-electron chi connectivity index (χ0n) is 15.0. The van der Waals surface area contributed by atoms with Gasteiger partial charge in [-0.15, -0.1) is 0 Å². The van der Waals surface area contributed by atoms with Crippen molar-refractivity contribution in [3.05, 3.63) is 58.7 Å². The molecule has 0 aliphatic heterocycles. The molecule has 0 saturated heterocycles. The summed E-state index contributed by atoms with van der Waals surface area (Å²) in [6.07, 6.45) is 5.54. The third-order valence-electron chi connectivity index (χ3n) is 6.08. The number of carbonyl (C=O) groups is 1. The number of Topliss-reactive ketones (excluding diaryl/α,β-unsaturated/α-hetero) is 1. The van der Waals surface area contributed by atoms with Crippen LogP contribution < -0.4 is 0 Å². The maximum atomic E-state index is 12.6. The van der Waals surface area contributed by atoms with Crippen LogP contribution in [0.4, 0.5) is 0 Å². The molecule has 0 heterocycles. The first-order valence-corrected chi connectivity index (χ1v) is 9.44. The van der Waals surface area contributed by atoms with E-state index in [1.807, 2.05) is 0 Å². The average Bonchev–Trinajstić information content (AvgIpc) is 3.01. The average molecular weight is 318 g/mol. The summed E-state index contributed by atoms with van der Waals surface area (Å²) in [5.41, 5.74) is 8.01. The van der Waals surface area contributed by atoms with Gasteiger partial charge < -0.3 is 0 Å². The highest BCUT2D eigenvalue weighted by Crippen LogP contribution is 2.54. The van der Waals surface area contributed by atoms with Gasteiger partial charge in [0, 0.05) is 16.9 Å². The van der Waals surface area contributed by atoms with Gasteiger partial charge in [0.25, 0.3) is 0 Å². The summed E-state index contributed by atoms with van der Waals surface area (Å²) in [5, 5.41) is 0. The highest BCUT2D eigenvalue weighted by molar-refractivity contribution is 6.03. The number of ketones is 1. The van der Waals surface area contributed by atoms with Gasteiger partial charge in [0.05, 0.1) is 0 Å². The van der Waals surface area contributed by atoms with E-state index in [2.05, 4.69) is 57.2 Å². The van der Waals surface area contributed by atoms with E-state index in [4.69, 9.17) is 0 Å². The van der Waals surface area contributed by atoms with Crippen LogP contribution in [0.1, 0.15) is 73.5 Å². The number of fused-ring (bicyclic) bond motifs is 4. The van der Waals surface area contributed by atoms with Crippen molar-refractivity contribution in [2.24, 2.45) is 5.92 Å². The molecule has 0 spiro atoms. The zero-order chi connectivity index (χ0) is 16.9. The van der Waals surface area contributed by atoms with Crippen molar-refractivity contribution in [3.63, 3.8) is 0 Å². The van der Waals surface area contributed by atoms with Gasteiger partial charge in [-0.2, -0.15) is 0 Å². The predicted molar refractivity (Wildman–Crippen MR) is 99.7 cm³/mol. The third kappa shape index (κ3) is 1.97. The number of hydrogen-bond donors (Lipinski definition) is 0. The Bertz CT molecular complexity index is 809. The van der Waals surface area contributed by atoms with Crippen molar-refractivity contribution < 1.29 is 4.79 Å². The molecule has 1 unspecified atom stereocenters. The van der Waals surface area contributed by atoms with Crippen molar-refractivity contribution >= 4 is 5.78 Å². The molecule has 0 radical (unpaired) electrons. The SMILES string of the molecule is CCCC1(CCC)c2ccccc2-c2cc3c(cc21)C(=O)C(C)C3. The first-order chi connectivity index (χ1) is 11.6. The quantitative estimate of drug-likeness (QED) is 0.683. The van der Waals surface area contributed by atoms with E-state index < -0.39 is 0 Å². The van der Waals surface area contributed by atoms with Crippen molar-refractivity contribution in [3.8, 4) is 11.1 Å². The Hall–Kier alpha value is -1.89. The lowest BCUT2D eigenvalue weighted by Crippen LogP contribution is -2.25. The predicted octanol–water partition coefficient (Wildman–Crippen LogP) is 5.93. The first kappa shape index (κ1) is 15.6. The van der Waals surface area contributed by atoms with Crippen molar-refractivity contribution in [1.82, 2.24) is 0 Å². The lowest BCUT2D eigenvalue weighted by molar-refractivity contribution is 0.0946. The molecule has 124 valence electrons. The van der Waals surface area contributed by atoms with Crippen LogP contribution in [0.3, 0.4) is 0 Å². The number of hydrogen-bond acceptors (Lipinski definition) is 1. The second kappa shape index (κ2) is 5.58. The molecule has 1 nitrogen and oxygen atoms in total. The Balaban J connectivity index is 2.01. The smallest absolute Gasteiger partial charge is 0.166 e. The number of rotatable bonds is 4. The molecule has 2 aliphatic rings. The maximum absolute atomic E-state index is 12.6. The zero-order valence-corrected chi connectivity index (χ0v) is 15.0. The summed E-state index contributed by atoms with van der Waals surface area (Å²) >= 11 is 0. The van der Waals surface area contributed by atoms with E-state index in [1.165, 1.54) is 27.8 Å². The van der Waals surface area contributed by atoms with Crippen molar-refractivity contribution in [2.75, 3.05) is 0 Å². The first-order valence-electron chi connectivity index (χ1n) is 9.44. The fourth-order valence-electron chi connectivity index (χ4n) is 5.15. The van der Waals surface area contributed by atoms with Crippen LogP contribution in [0, 0.1) is 5.92 Å². The molecule has 1 heteroatoms. The lowest BCUT2D eigenvalue weighted by atomic mass is 9.71. The molecule has 1 atom stereocenters. The Morgan fingerprint density at radius 3 is 2.38 bits per heavy atom. The summed E-state index contributed by atoms with van der Waals surface area (Å²) in [4.78, 5) is 12.6. The minimum atomic E-state index is 0.0938. The Labute approximate surface area is 145 Å². The molecule has 0 N–H and O–H groups in total. The van der Waals surface area contributed by atoms with Crippen molar-refractivity contribution in [2.45, 2.75) is 58.3 Å². The van der Waals surface area contributed by atoms with Crippen molar-refractivity contribution in [1.29, 1.82) is 0 Å². The second-order valence-corrected chi connectivity index (χ2v) is 7.65. The van der Waals surface area contributed by atoms with E-state index >= 15 is 0 Å². The Morgan fingerprint density at radius 1 is 0.958 bits per heavy atom.